The molecule has 0 aliphatic carbocycles. The quantitative estimate of drug-likeness (QED) is 0.152. The van der Waals surface area contributed by atoms with E-state index in [9.17, 15) is 0 Å². The molecule has 0 saturated heterocycles. The molecule has 0 unspecified atom stereocenters. The zero-order chi connectivity index (χ0) is 20.8. The number of unbranched alkanes of at least 4 members (excludes halogenated alkanes) is 6. The fourth-order valence-electron chi connectivity index (χ4n) is 2.19. The Labute approximate surface area is 227 Å². The van der Waals surface area contributed by atoms with Crippen LogP contribution in [0.1, 0.15) is 119 Å². The predicted octanol–water partition coefficient (Wildman–Crippen LogP) is 3.15. The van der Waals surface area contributed by atoms with Crippen molar-refractivity contribution in [1.82, 2.24) is 0 Å². The zero-order valence-corrected chi connectivity index (χ0v) is 30.4. The van der Waals surface area contributed by atoms with Crippen molar-refractivity contribution in [3.63, 3.8) is 0 Å². The molecule has 0 bridgehead atoms. The third kappa shape index (κ3) is 72.0. The van der Waals surface area contributed by atoms with E-state index < -0.39 is 0 Å². The molecule has 0 amide bonds. The average Bonchev–Trinajstić information content (AvgIpc) is 2.69. The number of hydrogen-bond acceptors (Lipinski definition) is 0. The van der Waals surface area contributed by atoms with E-state index in [4.69, 9.17) is 0 Å². The fraction of sp³-hybridized carbons (Fsp3) is 1.00. The molecule has 0 radical (unpaired) electrons. The van der Waals surface area contributed by atoms with Gasteiger partial charge in [0.05, 0.1) is 0 Å². The molecule has 0 rings (SSSR count). The van der Waals surface area contributed by atoms with E-state index in [1.807, 2.05) is 0 Å². The summed E-state index contributed by atoms with van der Waals surface area (Å²) in [5.74, 6) is 0. The van der Waals surface area contributed by atoms with Crippen LogP contribution in [0.2, 0.25) is 26.6 Å². The molecule has 0 aliphatic rings. The summed E-state index contributed by atoms with van der Waals surface area (Å²) in [5, 5.41) is 0. The van der Waals surface area contributed by atoms with Crippen molar-refractivity contribution in [3.8, 4) is 0 Å². The second kappa shape index (κ2) is 58.2. The van der Waals surface area contributed by atoms with Crippen LogP contribution in [0.5, 0.6) is 0 Å². The summed E-state index contributed by atoms with van der Waals surface area (Å²) in [6.45, 7) is 13.7. The van der Waals surface area contributed by atoms with Gasteiger partial charge in [-0.05, 0) is 0 Å². The maximum absolute atomic E-state index is 2.29. The molecule has 31 heavy (non-hydrogen) atoms. The maximum atomic E-state index is 2.29. The van der Waals surface area contributed by atoms with Gasteiger partial charge in [0.15, 0.2) is 0 Å². The molecule has 0 fully saturated rings. The van der Waals surface area contributed by atoms with Crippen molar-refractivity contribution in [3.05, 3.63) is 0 Å². The van der Waals surface area contributed by atoms with Gasteiger partial charge in [-0.1, -0.05) is 0 Å². The Morgan fingerprint density at radius 3 is 0.548 bits per heavy atom. The minimum atomic E-state index is 0. The third-order valence-electron chi connectivity index (χ3n) is 4.24. The van der Waals surface area contributed by atoms with Gasteiger partial charge < -0.3 is 20.4 Å². The van der Waals surface area contributed by atoms with E-state index in [-0.39, 0.29) is 83.8 Å². The molecule has 0 aromatic carbocycles. The van der Waals surface area contributed by atoms with E-state index >= 15 is 0 Å². The minimum Gasteiger partial charge on any atom is -2.00 e. The van der Waals surface area contributed by atoms with Crippen LogP contribution in [-0.2, 0) is 11.0 Å². The van der Waals surface area contributed by atoms with Crippen molar-refractivity contribution >= 4 is 63.4 Å². The summed E-state index contributed by atoms with van der Waals surface area (Å²) < 4.78 is 9.75. The average molecular weight is 769 g/mol. The Morgan fingerprint density at radius 1 is 0.323 bits per heavy atom. The predicted molar refractivity (Wildman–Crippen MR) is 137 cm³/mol. The molecule has 0 heterocycles. The van der Waals surface area contributed by atoms with Crippen molar-refractivity contribution in [2.45, 2.75) is 145 Å². The van der Waals surface area contributed by atoms with Crippen LogP contribution >= 0.6 is 0 Å². The summed E-state index contributed by atoms with van der Waals surface area (Å²) in [4.78, 5) is 0. The summed E-state index contributed by atoms with van der Waals surface area (Å²) >= 11 is 0.448. The van der Waals surface area contributed by atoms with E-state index in [0.29, 0.717) is 0 Å². The zero-order valence-electron chi connectivity index (χ0n) is 21.8. The molecule has 0 aromatic heterocycles. The first-order valence-corrected chi connectivity index (χ1v) is 24.5. The summed E-state index contributed by atoms with van der Waals surface area (Å²) in [6, 6.07) is 0. The van der Waals surface area contributed by atoms with Gasteiger partial charge in [0, 0.05) is 0 Å². The maximum Gasteiger partial charge on any atom is -1.00 e. The third-order valence-corrected chi connectivity index (χ3v) is 16.4. The van der Waals surface area contributed by atoms with E-state index in [1.54, 1.807) is 26.6 Å². The number of hydrogen-bond donors (Lipinski definition) is 0. The Bertz CT molecular complexity index is 168. The van der Waals surface area contributed by atoms with Crippen LogP contribution < -0.4 is 9.41 Å². The molecule has 0 saturated carbocycles. The van der Waals surface area contributed by atoms with Gasteiger partial charge in [-0.25, -0.2) is 0 Å². The van der Waals surface area contributed by atoms with Crippen LogP contribution in [0, 0.1) is 0 Å². The smallest absolute Gasteiger partial charge is 1.00 e. The molecule has 0 aromatic rings. The number of halogens is 2. The normalized spacial score (nSPS) is 7.94. The Morgan fingerprint density at radius 2 is 0.452 bits per heavy atom. The van der Waals surface area contributed by atoms with Crippen molar-refractivity contribution in [1.29, 1.82) is 0 Å². The second-order valence-electron chi connectivity index (χ2n) is 7.37. The first-order chi connectivity index (χ1) is 13.2. The van der Waals surface area contributed by atoms with Crippen LogP contribution in [0.25, 0.3) is 0 Å². The number of rotatable bonds is 18. The second-order valence-corrected chi connectivity index (χ2v) is 20.2. The molecule has 2 nitrogen and oxygen atoms in total. The van der Waals surface area contributed by atoms with Crippen molar-refractivity contribution in [2.24, 2.45) is 0 Å². The molecular formula is C24H54F2O2Sn3. The Balaban J connectivity index is -0.0000000524. The van der Waals surface area contributed by atoms with Gasteiger partial charge in [0.2, 0.25) is 0 Å². The largest absolute Gasteiger partial charge is 2.00 e. The molecule has 7 heteroatoms. The van der Waals surface area contributed by atoms with E-state index in [2.05, 4.69) is 41.5 Å². The molecule has 0 spiro atoms. The first-order valence-electron chi connectivity index (χ1n) is 12.4. The van der Waals surface area contributed by atoms with Crippen LogP contribution in [0.15, 0.2) is 0 Å². The summed E-state index contributed by atoms with van der Waals surface area (Å²) in [5.41, 5.74) is 0. The van der Waals surface area contributed by atoms with Crippen LogP contribution in [-0.4, -0.2) is 63.4 Å². The summed E-state index contributed by atoms with van der Waals surface area (Å²) in [7, 11) is 0. The molecule has 0 N–H and O–H groups in total. The Hall–Kier alpha value is 2.18. The van der Waals surface area contributed by atoms with Crippen LogP contribution in [0.4, 0.5) is 0 Å². The molecule has 0 atom stereocenters. The summed E-state index contributed by atoms with van der Waals surface area (Å²) in [6.07, 6.45) is 17.5. The topological polar surface area (TPSA) is 57.0 Å². The van der Waals surface area contributed by atoms with Crippen molar-refractivity contribution in [2.75, 3.05) is 0 Å². The fourth-order valence-corrected chi connectivity index (χ4v) is 14.7. The minimum absolute atomic E-state index is 0. The van der Waals surface area contributed by atoms with Gasteiger partial charge in [-0.3, -0.25) is 0 Å². The monoisotopic (exact) mass is 772 g/mol. The Kier molecular flexibility index (Phi) is 94.1. The van der Waals surface area contributed by atoms with Gasteiger partial charge in [-0.2, -0.15) is 0 Å². The van der Waals surface area contributed by atoms with E-state index in [0.717, 1.165) is 0 Å². The van der Waals surface area contributed by atoms with E-state index in [1.165, 1.54) is 77.0 Å². The van der Waals surface area contributed by atoms with Crippen molar-refractivity contribution < 1.29 is 20.4 Å². The standard InChI is InChI=1S/6C4H9.2FH.2O.3Sn/c6*1-3-4-2;;;;;;;/h6*1,3-4H2,2H3;2*1H;;;;;/q;;;;;;;;2*-2;3*+2/p-2. The molecule has 188 valence electrons. The SMILES string of the molecule is CCC[CH2][Sn+2][CH2]CCC.CCC[CH2][Sn+2][CH2]CCC.CCC[CH2][Sn+2][CH2]CCC.[F-].[F-].[O-2].[O-2]. The van der Waals surface area contributed by atoms with Crippen LogP contribution in [0.3, 0.4) is 0 Å². The van der Waals surface area contributed by atoms with Gasteiger partial charge >= 0.3 is 209 Å². The van der Waals surface area contributed by atoms with Gasteiger partial charge in [-0.15, -0.1) is 0 Å². The van der Waals surface area contributed by atoms with Gasteiger partial charge in [0.25, 0.3) is 0 Å². The van der Waals surface area contributed by atoms with Gasteiger partial charge in [0.1, 0.15) is 0 Å². The molecule has 0 aliphatic heterocycles. The first kappa shape index (κ1) is 50.1. The molecular weight excluding hydrogens is 714 g/mol.